The first-order valence-corrected chi connectivity index (χ1v) is 5.56. The zero-order valence-corrected chi connectivity index (χ0v) is 9.72. The highest BCUT2D eigenvalue weighted by Gasteiger charge is 2.17. The molecule has 1 atom stereocenters. The van der Waals surface area contributed by atoms with Gasteiger partial charge in [0.05, 0.1) is 5.92 Å². The molecular formula is C12H16N2O3. The van der Waals surface area contributed by atoms with E-state index in [2.05, 4.69) is 10.3 Å². The molecule has 5 nitrogen and oxygen atoms in total. The van der Waals surface area contributed by atoms with Crippen molar-refractivity contribution in [2.75, 3.05) is 6.54 Å². The highest BCUT2D eigenvalue weighted by Crippen LogP contribution is 2.05. The Bertz CT molecular complexity index is 379. The average molecular weight is 236 g/mol. The van der Waals surface area contributed by atoms with Crippen molar-refractivity contribution in [1.82, 2.24) is 10.3 Å². The monoisotopic (exact) mass is 236 g/mol. The molecule has 92 valence electrons. The smallest absolute Gasteiger partial charge is 0.308 e. The summed E-state index contributed by atoms with van der Waals surface area (Å²) in [6.45, 7) is 2.07. The number of amides is 1. The van der Waals surface area contributed by atoms with Crippen LogP contribution >= 0.6 is 0 Å². The van der Waals surface area contributed by atoms with Crippen LogP contribution in [0.2, 0.25) is 0 Å². The van der Waals surface area contributed by atoms with Gasteiger partial charge in [0.15, 0.2) is 0 Å². The van der Waals surface area contributed by atoms with Crippen molar-refractivity contribution >= 4 is 11.9 Å². The number of aliphatic carboxylic acids is 1. The highest BCUT2D eigenvalue weighted by molar-refractivity contribution is 5.94. The number of pyridine rings is 1. The third kappa shape index (κ3) is 4.22. The van der Waals surface area contributed by atoms with Crippen LogP contribution < -0.4 is 5.32 Å². The highest BCUT2D eigenvalue weighted by atomic mass is 16.4. The van der Waals surface area contributed by atoms with Crippen LogP contribution in [0.1, 0.15) is 30.1 Å². The molecule has 0 spiro atoms. The summed E-state index contributed by atoms with van der Waals surface area (Å²) in [5.74, 6) is -1.66. The Labute approximate surface area is 99.9 Å². The lowest BCUT2D eigenvalue weighted by atomic mass is 10.0. The van der Waals surface area contributed by atoms with E-state index in [9.17, 15) is 9.59 Å². The number of carboxylic acids is 1. The van der Waals surface area contributed by atoms with E-state index in [0.717, 1.165) is 6.42 Å². The zero-order chi connectivity index (χ0) is 12.7. The lowest BCUT2D eigenvalue weighted by Gasteiger charge is -2.12. The molecular weight excluding hydrogens is 220 g/mol. The summed E-state index contributed by atoms with van der Waals surface area (Å²) in [6.07, 6.45) is 4.39. The van der Waals surface area contributed by atoms with Gasteiger partial charge in [-0.2, -0.15) is 0 Å². The molecule has 1 aromatic heterocycles. The Morgan fingerprint density at radius 3 is 2.59 bits per heavy atom. The predicted molar refractivity (Wildman–Crippen MR) is 62.6 cm³/mol. The van der Waals surface area contributed by atoms with Gasteiger partial charge in [-0.15, -0.1) is 0 Å². The Kier molecular flexibility index (Phi) is 5.13. The standard InChI is InChI=1S/C12H16N2O3/c1-2-3-10(12(16)17)8-14-11(15)9-4-6-13-7-5-9/h4-7,10H,2-3,8H2,1H3,(H,14,15)(H,16,17). The van der Waals surface area contributed by atoms with E-state index < -0.39 is 11.9 Å². The van der Waals surface area contributed by atoms with Crippen molar-refractivity contribution in [3.05, 3.63) is 30.1 Å². The summed E-state index contributed by atoms with van der Waals surface area (Å²) >= 11 is 0. The maximum absolute atomic E-state index is 11.6. The predicted octanol–water partition coefficient (Wildman–Crippen LogP) is 1.31. The number of nitrogens with zero attached hydrogens (tertiary/aromatic N) is 1. The lowest BCUT2D eigenvalue weighted by molar-refractivity contribution is -0.141. The number of nitrogens with one attached hydrogen (secondary N) is 1. The minimum Gasteiger partial charge on any atom is -0.481 e. The fraction of sp³-hybridized carbons (Fsp3) is 0.417. The number of hydrogen-bond acceptors (Lipinski definition) is 3. The second-order valence-corrected chi connectivity index (χ2v) is 3.77. The molecule has 1 amide bonds. The van der Waals surface area contributed by atoms with E-state index in [1.807, 2.05) is 6.92 Å². The molecule has 1 rings (SSSR count). The third-order valence-corrected chi connectivity index (χ3v) is 2.44. The summed E-state index contributed by atoms with van der Waals surface area (Å²) < 4.78 is 0. The Hall–Kier alpha value is -1.91. The van der Waals surface area contributed by atoms with Gasteiger partial charge in [0.2, 0.25) is 0 Å². The molecule has 1 unspecified atom stereocenters. The topological polar surface area (TPSA) is 79.3 Å². The molecule has 1 aromatic rings. The van der Waals surface area contributed by atoms with Crippen molar-refractivity contribution in [3.63, 3.8) is 0 Å². The molecule has 17 heavy (non-hydrogen) atoms. The second kappa shape index (κ2) is 6.62. The summed E-state index contributed by atoms with van der Waals surface area (Å²) in [4.78, 5) is 26.3. The zero-order valence-electron chi connectivity index (χ0n) is 9.72. The van der Waals surface area contributed by atoms with Crippen molar-refractivity contribution in [3.8, 4) is 0 Å². The minimum atomic E-state index is -0.873. The van der Waals surface area contributed by atoms with Gasteiger partial charge >= 0.3 is 5.97 Å². The van der Waals surface area contributed by atoms with Gasteiger partial charge in [0.1, 0.15) is 0 Å². The molecule has 0 radical (unpaired) electrons. The van der Waals surface area contributed by atoms with E-state index in [-0.39, 0.29) is 12.5 Å². The Morgan fingerprint density at radius 1 is 1.41 bits per heavy atom. The average Bonchev–Trinajstić information content (AvgIpc) is 2.34. The van der Waals surface area contributed by atoms with Crippen LogP contribution in [0.15, 0.2) is 24.5 Å². The number of rotatable bonds is 6. The van der Waals surface area contributed by atoms with E-state index in [1.165, 1.54) is 12.4 Å². The van der Waals surface area contributed by atoms with Gasteiger partial charge < -0.3 is 10.4 Å². The number of carbonyl (C=O) groups is 2. The molecule has 0 aliphatic carbocycles. The van der Waals surface area contributed by atoms with Gasteiger partial charge in [-0.1, -0.05) is 13.3 Å². The lowest BCUT2D eigenvalue weighted by Crippen LogP contribution is -2.32. The molecule has 0 aliphatic heterocycles. The number of carboxylic acid groups (broad SMARTS) is 1. The second-order valence-electron chi connectivity index (χ2n) is 3.77. The van der Waals surface area contributed by atoms with Crippen molar-refractivity contribution in [2.24, 2.45) is 5.92 Å². The van der Waals surface area contributed by atoms with E-state index >= 15 is 0 Å². The van der Waals surface area contributed by atoms with E-state index in [1.54, 1.807) is 12.1 Å². The summed E-state index contributed by atoms with van der Waals surface area (Å²) in [6, 6.07) is 3.18. The van der Waals surface area contributed by atoms with Gasteiger partial charge in [-0.05, 0) is 18.6 Å². The fourth-order valence-corrected chi connectivity index (χ4v) is 1.48. The largest absolute Gasteiger partial charge is 0.481 e. The summed E-state index contributed by atoms with van der Waals surface area (Å²) in [5.41, 5.74) is 0.487. The molecule has 0 bridgehead atoms. The van der Waals surface area contributed by atoms with Gasteiger partial charge in [0.25, 0.3) is 5.91 Å². The molecule has 0 aromatic carbocycles. The van der Waals surface area contributed by atoms with Gasteiger partial charge in [-0.25, -0.2) is 0 Å². The number of carbonyl (C=O) groups excluding carboxylic acids is 1. The first-order chi connectivity index (χ1) is 8.15. The van der Waals surface area contributed by atoms with Crippen molar-refractivity contribution in [2.45, 2.75) is 19.8 Å². The van der Waals surface area contributed by atoms with Crippen LogP contribution in [0.5, 0.6) is 0 Å². The van der Waals surface area contributed by atoms with Crippen molar-refractivity contribution in [1.29, 1.82) is 0 Å². The number of hydrogen-bond donors (Lipinski definition) is 2. The molecule has 5 heteroatoms. The van der Waals surface area contributed by atoms with Crippen LogP contribution in [0.3, 0.4) is 0 Å². The van der Waals surface area contributed by atoms with E-state index in [4.69, 9.17) is 5.11 Å². The van der Waals surface area contributed by atoms with Crippen LogP contribution in [0, 0.1) is 5.92 Å². The van der Waals surface area contributed by atoms with Crippen LogP contribution in [0.25, 0.3) is 0 Å². The minimum absolute atomic E-state index is 0.157. The van der Waals surface area contributed by atoms with Crippen LogP contribution in [0.4, 0.5) is 0 Å². The Morgan fingerprint density at radius 2 is 2.06 bits per heavy atom. The SMILES string of the molecule is CCCC(CNC(=O)c1ccncc1)C(=O)O. The molecule has 0 aliphatic rings. The van der Waals surface area contributed by atoms with Crippen LogP contribution in [-0.4, -0.2) is 28.5 Å². The fourth-order valence-electron chi connectivity index (χ4n) is 1.48. The van der Waals surface area contributed by atoms with Gasteiger partial charge in [-0.3, -0.25) is 14.6 Å². The van der Waals surface area contributed by atoms with Crippen LogP contribution in [-0.2, 0) is 4.79 Å². The van der Waals surface area contributed by atoms with Crippen molar-refractivity contribution < 1.29 is 14.7 Å². The molecule has 1 heterocycles. The summed E-state index contributed by atoms with van der Waals surface area (Å²) in [7, 11) is 0. The quantitative estimate of drug-likeness (QED) is 0.780. The van der Waals surface area contributed by atoms with E-state index in [0.29, 0.717) is 12.0 Å². The molecule has 0 saturated carbocycles. The third-order valence-electron chi connectivity index (χ3n) is 2.44. The first-order valence-electron chi connectivity index (χ1n) is 5.56. The first kappa shape index (κ1) is 13.2. The molecule has 0 fully saturated rings. The summed E-state index contributed by atoms with van der Waals surface area (Å²) in [5, 5.41) is 11.5. The molecule has 2 N–H and O–H groups in total. The maximum Gasteiger partial charge on any atom is 0.308 e. The normalized spacial score (nSPS) is 11.8. The Balaban J connectivity index is 2.49. The molecule has 0 saturated heterocycles. The maximum atomic E-state index is 11.6. The van der Waals surface area contributed by atoms with Gasteiger partial charge in [0, 0.05) is 24.5 Å². The number of aromatic nitrogens is 1.